The van der Waals surface area contributed by atoms with Gasteiger partial charge in [0.2, 0.25) is 5.91 Å². The van der Waals surface area contributed by atoms with Gasteiger partial charge in [0, 0.05) is 12.7 Å². The molecular formula is C18H22ClN3O2. The van der Waals surface area contributed by atoms with Crippen molar-refractivity contribution >= 4 is 24.0 Å². The Morgan fingerprint density at radius 3 is 2.71 bits per heavy atom. The van der Waals surface area contributed by atoms with Crippen LogP contribution in [0.3, 0.4) is 0 Å². The first kappa shape index (κ1) is 18.2. The molecule has 3 rings (SSSR count). The van der Waals surface area contributed by atoms with Crippen LogP contribution in [0.4, 0.5) is 5.69 Å². The highest BCUT2D eigenvalue weighted by atomic mass is 35.5. The van der Waals surface area contributed by atoms with Crippen molar-refractivity contribution in [2.75, 3.05) is 18.4 Å². The Labute approximate surface area is 147 Å². The number of benzene rings is 1. The van der Waals surface area contributed by atoms with Gasteiger partial charge in [0.05, 0.1) is 12.5 Å². The lowest BCUT2D eigenvalue weighted by molar-refractivity contribution is -0.120. The van der Waals surface area contributed by atoms with Crippen molar-refractivity contribution in [2.24, 2.45) is 5.92 Å². The third kappa shape index (κ3) is 4.46. The number of anilines is 1. The van der Waals surface area contributed by atoms with Crippen LogP contribution in [0.1, 0.15) is 18.4 Å². The Bertz CT molecular complexity index is 725. The molecule has 1 aliphatic heterocycles. The minimum Gasteiger partial charge on any atom is -0.321 e. The molecule has 1 fully saturated rings. The van der Waals surface area contributed by atoms with Crippen molar-refractivity contribution in [2.45, 2.75) is 19.4 Å². The molecule has 1 unspecified atom stereocenters. The molecule has 1 amide bonds. The number of hydrogen-bond donors (Lipinski definition) is 2. The van der Waals surface area contributed by atoms with Crippen molar-refractivity contribution in [1.29, 1.82) is 0 Å². The van der Waals surface area contributed by atoms with Crippen molar-refractivity contribution in [3.05, 3.63) is 64.6 Å². The average Bonchev–Trinajstić information content (AvgIpc) is 2.60. The lowest BCUT2D eigenvalue weighted by atomic mass is 9.99. The fourth-order valence-electron chi connectivity index (χ4n) is 2.85. The minimum absolute atomic E-state index is 0. The number of piperidine rings is 1. The normalized spacial score (nSPS) is 16.9. The van der Waals surface area contributed by atoms with E-state index in [-0.39, 0.29) is 29.8 Å². The largest absolute Gasteiger partial charge is 0.321 e. The number of pyridine rings is 1. The van der Waals surface area contributed by atoms with Crippen molar-refractivity contribution in [3.63, 3.8) is 0 Å². The number of nitrogens with zero attached hydrogens (tertiary/aromatic N) is 1. The molecule has 1 saturated heterocycles. The summed E-state index contributed by atoms with van der Waals surface area (Å²) in [4.78, 5) is 24.8. The van der Waals surface area contributed by atoms with Gasteiger partial charge in [-0.15, -0.1) is 12.4 Å². The zero-order valence-electron chi connectivity index (χ0n) is 13.4. The molecule has 0 spiro atoms. The van der Waals surface area contributed by atoms with E-state index in [0.29, 0.717) is 18.8 Å². The monoisotopic (exact) mass is 347 g/mol. The molecule has 0 saturated carbocycles. The fraction of sp³-hybridized carbons (Fsp3) is 0.333. The zero-order chi connectivity index (χ0) is 16.1. The molecule has 6 heteroatoms. The van der Waals surface area contributed by atoms with Crippen molar-refractivity contribution in [3.8, 4) is 0 Å². The summed E-state index contributed by atoms with van der Waals surface area (Å²) in [6.45, 7) is 2.13. The van der Waals surface area contributed by atoms with Gasteiger partial charge in [-0.3, -0.25) is 9.59 Å². The number of nitrogens with one attached hydrogen (secondary N) is 2. The quantitative estimate of drug-likeness (QED) is 0.891. The minimum atomic E-state index is -0.173. The van der Waals surface area contributed by atoms with Gasteiger partial charge in [-0.1, -0.05) is 30.3 Å². The number of hydrogen-bond acceptors (Lipinski definition) is 3. The summed E-state index contributed by atoms with van der Waals surface area (Å²) in [6.07, 6.45) is 3.60. The molecule has 1 aromatic carbocycles. The molecule has 2 aromatic rings. The first-order valence-corrected chi connectivity index (χ1v) is 7.99. The van der Waals surface area contributed by atoms with Gasteiger partial charge in [-0.25, -0.2) is 0 Å². The van der Waals surface area contributed by atoms with Crippen LogP contribution in [-0.2, 0) is 11.3 Å². The summed E-state index contributed by atoms with van der Waals surface area (Å²) >= 11 is 0. The SMILES string of the molecule is Cl.O=C(Nc1cccn(Cc2ccccc2)c1=O)C1CCCNC1. The zero-order valence-corrected chi connectivity index (χ0v) is 14.2. The molecule has 2 N–H and O–H groups in total. The van der Waals surface area contributed by atoms with Gasteiger partial charge in [-0.2, -0.15) is 0 Å². The number of rotatable bonds is 4. The standard InChI is InChI=1S/C18H21N3O2.ClH/c22-17(15-8-4-10-19-12-15)20-16-9-5-11-21(18(16)23)13-14-6-2-1-3-7-14;/h1-3,5-7,9,11,15,19H,4,8,10,12-13H2,(H,20,22);1H. The van der Waals surface area contributed by atoms with Crippen LogP contribution in [0.5, 0.6) is 0 Å². The highest BCUT2D eigenvalue weighted by Gasteiger charge is 2.21. The molecule has 24 heavy (non-hydrogen) atoms. The molecule has 0 bridgehead atoms. The molecule has 0 aliphatic carbocycles. The smallest absolute Gasteiger partial charge is 0.274 e. The first-order valence-electron chi connectivity index (χ1n) is 7.99. The third-order valence-electron chi connectivity index (χ3n) is 4.14. The van der Waals surface area contributed by atoms with E-state index >= 15 is 0 Å². The highest BCUT2D eigenvalue weighted by molar-refractivity contribution is 5.92. The summed E-state index contributed by atoms with van der Waals surface area (Å²) in [5, 5.41) is 6.01. The number of halogens is 1. The van der Waals surface area contributed by atoms with E-state index in [1.807, 2.05) is 30.3 Å². The van der Waals surface area contributed by atoms with E-state index in [4.69, 9.17) is 0 Å². The maximum absolute atomic E-state index is 12.5. The van der Waals surface area contributed by atoms with E-state index in [2.05, 4.69) is 10.6 Å². The van der Waals surface area contributed by atoms with Crippen LogP contribution in [0.25, 0.3) is 0 Å². The van der Waals surface area contributed by atoms with Gasteiger partial charge in [-0.05, 0) is 37.1 Å². The second-order valence-corrected chi connectivity index (χ2v) is 5.87. The van der Waals surface area contributed by atoms with Gasteiger partial charge >= 0.3 is 0 Å². The Balaban J connectivity index is 0.00000208. The van der Waals surface area contributed by atoms with Crippen LogP contribution < -0.4 is 16.2 Å². The number of aromatic nitrogens is 1. The van der Waals surface area contributed by atoms with Gasteiger partial charge in [0.1, 0.15) is 5.69 Å². The van der Waals surface area contributed by atoms with Crippen LogP contribution >= 0.6 is 12.4 Å². The summed E-state index contributed by atoms with van der Waals surface area (Å²) in [7, 11) is 0. The Kier molecular flexibility index (Phi) is 6.58. The Morgan fingerprint density at radius 1 is 1.21 bits per heavy atom. The lowest BCUT2D eigenvalue weighted by Gasteiger charge is -2.21. The van der Waals surface area contributed by atoms with Gasteiger partial charge < -0.3 is 15.2 Å². The molecule has 1 aliphatic rings. The third-order valence-corrected chi connectivity index (χ3v) is 4.14. The topological polar surface area (TPSA) is 63.1 Å². The molecule has 2 heterocycles. The average molecular weight is 348 g/mol. The fourth-order valence-corrected chi connectivity index (χ4v) is 2.85. The summed E-state index contributed by atoms with van der Waals surface area (Å²) < 4.78 is 1.62. The van der Waals surface area contributed by atoms with Gasteiger partial charge in [0.25, 0.3) is 5.56 Å². The van der Waals surface area contributed by atoms with E-state index in [1.54, 1.807) is 22.9 Å². The first-order chi connectivity index (χ1) is 11.2. The van der Waals surface area contributed by atoms with E-state index < -0.39 is 0 Å². The maximum Gasteiger partial charge on any atom is 0.274 e. The summed E-state index contributed by atoms with van der Waals surface area (Å²) in [5.74, 6) is -0.141. The van der Waals surface area contributed by atoms with E-state index in [9.17, 15) is 9.59 Å². The summed E-state index contributed by atoms with van der Waals surface area (Å²) in [5.41, 5.74) is 1.22. The predicted octanol–water partition coefficient (Wildman–Crippen LogP) is 2.26. The van der Waals surface area contributed by atoms with Gasteiger partial charge in [0.15, 0.2) is 0 Å². The Morgan fingerprint density at radius 2 is 2.00 bits per heavy atom. The molecule has 128 valence electrons. The van der Waals surface area contributed by atoms with Crippen LogP contribution in [0, 0.1) is 5.92 Å². The predicted molar refractivity (Wildman–Crippen MR) is 97.7 cm³/mol. The lowest BCUT2D eigenvalue weighted by Crippen LogP contribution is -2.38. The molecular weight excluding hydrogens is 326 g/mol. The van der Waals surface area contributed by atoms with Crippen molar-refractivity contribution in [1.82, 2.24) is 9.88 Å². The van der Waals surface area contributed by atoms with Crippen LogP contribution in [-0.4, -0.2) is 23.6 Å². The molecule has 1 atom stereocenters. The van der Waals surface area contributed by atoms with Crippen molar-refractivity contribution < 1.29 is 4.79 Å². The van der Waals surface area contributed by atoms with Crippen LogP contribution in [0.15, 0.2) is 53.5 Å². The number of amides is 1. The second kappa shape index (κ2) is 8.66. The highest BCUT2D eigenvalue weighted by Crippen LogP contribution is 2.12. The Hall–Kier alpha value is -2.11. The summed E-state index contributed by atoms with van der Waals surface area (Å²) in [6, 6.07) is 13.2. The molecule has 1 aromatic heterocycles. The number of carbonyl (C=O) groups is 1. The molecule has 5 nitrogen and oxygen atoms in total. The van der Waals surface area contributed by atoms with E-state index in [0.717, 1.165) is 24.9 Å². The van der Waals surface area contributed by atoms with E-state index in [1.165, 1.54) is 0 Å². The second-order valence-electron chi connectivity index (χ2n) is 5.87. The molecule has 0 radical (unpaired) electrons. The van der Waals surface area contributed by atoms with Crippen LogP contribution in [0.2, 0.25) is 0 Å². The maximum atomic E-state index is 12.5. The number of carbonyl (C=O) groups excluding carboxylic acids is 1.